The topological polar surface area (TPSA) is 63.7 Å². The van der Waals surface area contributed by atoms with Crippen molar-refractivity contribution in [2.75, 3.05) is 6.54 Å². The summed E-state index contributed by atoms with van der Waals surface area (Å²) in [6, 6.07) is 6.59. The third kappa shape index (κ3) is 3.02. The highest BCUT2D eigenvalue weighted by Gasteiger charge is 2.39. The van der Waals surface area contributed by atoms with Gasteiger partial charge in [0.1, 0.15) is 6.10 Å². The molecule has 5 nitrogen and oxygen atoms in total. The molecule has 0 unspecified atom stereocenters. The lowest BCUT2D eigenvalue weighted by Crippen LogP contribution is -2.34. The average Bonchev–Trinajstić information content (AvgIpc) is 2.70. The normalized spacial score (nSPS) is 23.8. The molecule has 0 saturated carbocycles. The number of aryl methyl sites for hydroxylation is 1. The fraction of sp³-hybridized carbons (Fsp3) is 0.500. The summed E-state index contributed by atoms with van der Waals surface area (Å²) in [5.74, 6) is -0.378. The molecule has 1 aliphatic heterocycles. The molecule has 20 heavy (non-hydrogen) atoms. The molecule has 0 N–H and O–H groups in total. The van der Waals surface area contributed by atoms with E-state index in [0.717, 1.165) is 5.56 Å². The van der Waals surface area contributed by atoms with Gasteiger partial charge in [-0.2, -0.15) is 4.31 Å². The van der Waals surface area contributed by atoms with Crippen molar-refractivity contribution in [3.8, 4) is 0 Å². The lowest BCUT2D eigenvalue weighted by atomic mass is 10.2. The van der Waals surface area contributed by atoms with Gasteiger partial charge in [0.15, 0.2) is 0 Å². The zero-order chi connectivity index (χ0) is 14.9. The summed E-state index contributed by atoms with van der Waals surface area (Å²) >= 11 is 0. The number of carbonyl (C=O) groups excluding carboxylic acids is 1. The van der Waals surface area contributed by atoms with Gasteiger partial charge >= 0.3 is 5.97 Å². The third-order valence-electron chi connectivity index (χ3n) is 3.44. The first-order valence-electron chi connectivity index (χ1n) is 6.56. The zero-order valence-electron chi connectivity index (χ0n) is 11.9. The Morgan fingerprint density at radius 2 is 1.90 bits per heavy atom. The second kappa shape index (κ2) is 5.54. The van der Waals surface area contributed by atoms with Crippen molar-refractivity contribution in [3.63, 3.8) is 0 Å². The molecule has 1 aromatic carbocycles. The molecule has 0 amide bonds. The van der Waals surface area contributed by atoms with E-state index < -0.39 is 10.0 Å². The highest BCUT2D eigenvalue weighted by atomic mass is 32.2. The molecule has 0 aliphatic carbocycles. The Hall–Kier alpha value is -1.40. The number of sulfonamides is 1. The number of carbonyl (C=O) groups is 1. The first-order valence-corrected chi connectivity index (χ1v) is 8.00. The van der Waals surface area contributed by atoms with Crippen molar-refractivity contribution in [1.82, 2.24) is 4.31 Å². The zero-order valence-corrected chi connectivity index (χ0v) is 12.7. The fourth-order valence-electron chi connectivity index (χ4n) is 2.45. The van der Waals surface area contributed by atoms with E-state index in [0.29, 0.717) is 6.42 Å². The minimum atomic E-state index is -3.53. The highest BCUT2D eigenvalue weighted by molar-refractivity contribution is 7.89. The van der Waals surface area contributed by atoms with E-state index >= 15 is 0 Å². The van der Waals surface area contributed by atoms with Crippen LogP contribution in [0.15, 0.2) is 29.2 Å². The summed E-state index contributed by atoms with van der Waals surface area (Å²) in [4.78, 5) is 11.3. The van der Waals surface area contributed by atoms with Crippen molar-refractivity contribution < 1.29 is 17.9 Å². The van der Waals surface area contributed by atoms with Crippen LogP contribution in [0, 0.1) is 6.92 Å². The van der Waals surface area contributed by atoms with E-state index in [9.17, 15) is 13.2 Å². The van der Waals surface area contributed by atoms with Gasteiger partial charge in [-0.25, -0.2) is 8.42 Å². The quantitative estimate of drug-likeness (QED) is 0.797. The minimum absolute atomic E-state index is 0.175. The van der Waals surface area contributed by atoms with Gasteiger partial charge in [-0.1, -0.05) is 17.7 Å². The summed E-state index contributed by atoms with van der Waals surface area (Å²) in [6.07, 6.45) is 0.174. The average molecular weight is 297 g/mol. The van der Waals surface area contributed by atoms with E-state index in [4.69, 9.17) is 4.74 Å². The van der Waals surface area contributed by atoms with Gasteiger partial charge in [0.25, 0.3) is 0 Å². The Kier molecular flexibility index (Phi) is 4.15. The summed E-state index contributed by atoms with van der Waals surface area (Å²) in [5.41, 5.74) is 1.01. The summed E-state index contributed by atoms with van der Waals surface area (Å²) < 4.78 is 31.7. The van der Waals surface area contributed by atoms with Crippen LogP contribution >= 0.6 is 0 Å². The van der Waals surface area contributed by atoms with Crippen molar-refractivity contribution in [2.45, 2.75) is 44.2 Å². The van der Waals surface area contributed by atoms with Gasteiger partial charge in [-0.3, -0.25) is 4.79 Å². The minimum Gasteiger partial charge on any atom is -0.461 e. The van der Waals surface area contributed by atoms with Crippen LogP contribution in [0.3, 0.4) is 0 Å². The number of ether oxygens (including phenoxy) is 1. The number of nitrogens with zero attached hydrogens (tertiary/aromatic N) is 1. The van der Waals surface area contributed by atoms with Crippen molar-refractivity contribution in [3.05, 3.63) is 29.8 Å². The van der Waals surface area contributed by atoms with Gasteiger partial charge in [0.05, 0.1) is 11.4 Å². The molecule has 2 atom stereocenters. The number of rotatable bonds is 3. The van der Waals surface area contributed by atoms with E-state index in [2.05, 4.69) is 0 Å². The van der Waals surface area contributed by atoms with Gasteiger partial charge in [0.2, 0.25) is 10.0 Å². The lowest BCUT2D eigenvalue weighted by molar-refractivity contribution is -0.145. The summed E-state index contributed by atoms with van der Waals surface area (Å²) in [5, 5.41) is 0. The van der Waals surface area contributed by atoms with Gasteiger partial charge in [-0.15, -0.1) is 0 Å². The number of hydrogen-bond acceptors (Lipinski definition) is 4. The SMILES string of the molecule is CC(=O)O[C@H]1C[C@@H](C)N(S(=O)(=O)c2ccc(C)cc2)C1. The molecule has 110 valence electrons. The van der Waals surface area contributed by atoms with Gasteiger partial charge in [-0.05, 0) is 26.0 Å². The maximum absolute atomic E-state index is 12.6. The standard InChI is InChI=1S/C14H19NO4S/c1-10-4-6-14(7-5-10)20(17,18)15-9-13(8-11(15)2)19-12(3)16/h4-7,11,13H,8-9H2,1-3H3/t11-,13+/m1/s1. The molecule has 1 fully saturated rings. The van der Waals surface area contributed by atoms with Crippen molar-refractivity contribution in [1.29, 1.82) is 0 Å². The monoisotopic (exact) mass is 297 g/mol. The number of benzene rings is 1. The molecule has 1 aliphatic rings. The van der Waals surface area contributed by atoms with Gasteiger partial charge < -0.3 is 4.74 Å². The third-order valence-corrected chi connectivity index (χ3v) is 5.43. The van der Waals surface area contributed by atoms with Crippen LogP contribution in [0.2, 0.25) is 0 Å². The van der Waals surface area contributed by atoms with Crippen LogP contribution < -0.4 is 0 Å². The lowest BCUT2D eigenvalue weighted by Gasteiger charge is -2.20. The molecule has 0 radical (unpaired) electrons. The second-order valence-electron chi connectivity index (χ2n) is 5.20. The molecule has 1 heterocycles. The Balaban J connectivity index is 2.22. The largest absolute Gasteiger partial charge is 0.461 e. The number of esters is 1. The number of hydrogen-bond donors (Lipinski definition) is 0. The van der Waals surface area contributed by atoms with Crippen LogP contribution in [-0.4, -0.2) is 37.4 Å². The molecule has 0 bridgehead atoms. The van der Waals surface area contributed by atoms with Crippen molar-refractivity contribution >= 4 is 16.0 Å². The van der Waals surface area contributed by atoms with Crippen LogP contribution in [0.25, 0.3) is 0 Å². The van der Waals surface area contributed by atoms with Crippen LogP contribution in [0.5, 0.6) is 0 Å². The molecule has 2 rings (SSSR count). The first kappa shape index (κ1) is 15.0. The molecule has 0 aromatic heterocycles. The smallest absolute Gasteiger partial charge is 0.302 e. The Morgan fingerprint density at radius 3 is 2.45 bits per heavy atom. The molecular weight excluding hydrogens is 278 g/mol. The molecule has 1 aromatic rings. The van der Waals surface area contributed by atoms with Crippen molar-refractivity contribution in [2.24, 2.45) is 0 Å². The van der Waals surface area contributed by atoms with E-state index in [-0.39, 0.29) is 29.6 Å². The predicted octanol–water partition coefficient (Wildman–Crippen LogP) is 1.71. The van der Waals surface area contributed by atoms with Crippen LogP contribution in [0.4, 0.5) is 0 Å². The van der Waals surface area contributed by atoms with Gasteiger partial charge in [0, 0.05) is 19.4 Å². The molecule has 1 saturated heterocycles. The van der Waals surface area contributed by atoms with E-state index in [1.807, 2.05) is 13.8 Å². The second-order valence-corrected chi connectivity index (χ2v) is 7.09. The summed E-state index contributed by atoms with van der Waals surface area (Å²) in [6.45, 7) is 5.29. The summed E-state index contributed by atoms with van der Waals surface area (Å²) in [7, 11) is -3.53. The Labute approximate surface area is 119 Å². The highest BCUT2D eigenvalue weighted by Crippen LogP contribution is 2.27. The van der Waals surface area contributed by atoms with E-state index in [1.54, 1.807) is 24.3 Å². The molecule has 0 spiro atoms. The fourth-order valence-corrected chi connectivity index (χ4v) is 4.13. The van der Waals surface area contributed by atoms with Crippen LogP contribution in [-0.2, 0) is 19.6 Å². The Bertz CT molecular complexity index is 594. The Morgan fingerprint density at radius 1 is 1.30 bits per heavy atom. The molecule has 6 heteroatoms. The van der Waals surface area contributed by atoms with E-state index in [1.165, 1.54) is 11.2 Å². The van der Waals surface area contributed by atoms with Crippen LogP contribution in [0.1, 0.15) is 25.8 Å². The maximum atomic E-state index is 12.6. The predicted molar refractivity (Wildman–Crippen MR) is 74.7 cm³/mol. The first-order chi connectivity index (χ1) is 9.30. The maximum Gasteiger partial charge on any atom is 0.302 e. The molecular formula is C14H19NO4S.